The van der Waals surface area contributed by atoms with Crippen molar-refractivity contribution in [1.29, 1.82) is 0 Å². The van der Waals surface area contributed by atoms with E-state index in [1.54, 1.807) is 12.5 Å². The summed E-state index contributed by atoms with van der Waals surface area (Å²) in [4.78, 5) is 8.49. The standard InChI is InChI=1S/C9H11N3/c1-7(2)8-5-9-10-3-4-12(9)6-11-8/h3-7H,1-2H3. The van der Waals surface area contributed by atoms with Crippen LogP contribution in [0.3, 0.4) is 0 Å². The summed E-state index contributed by atoms with van der Waals surface area (Å²) < 4.78 is 1.91. The summed E-state index contributed by atoms with van der Waals surface area (Å²) in [7, 11) is 0. The summed E-state index contributed by atoms with van der Waals surface area (Å²) in [5.74, 6) is 0.465. The van der Waals surface area contributed by atoms with Gasteiger partial charge in [0, 0.05) is 24.2 Å². The summed E-state index contributed by atoms with van der Waals surface area (Å²) in [6, 6.07) is 2.02. The molecule has 0 fully saturated rings. The molecule has 3 nitrogen and oxygen atoms in total. The van der Waals surface area contributed by atoms with E-state index in [0.29, 0.717) is 5.92 Å². The molecule has 62 valence electrons. The first-order valence-electron chi connectivity index (χ1n) is 4.06. The Kier molecular flexibility index (Phi) is 1.57. The summed E-state index contributed by atoms with van der Waals surface area (Å²) in [6.07, 6.45) is 5.48. The Bertz CT molecular complexity index is 389. The Hall–Kier alpha value is -1.38. The zero-order valence-corrected chi connectivity index (χ0v) is 7.23. The smallest absolute Gasteiger partial charge is 0.139 e. The van der Waals surface area contributed by atoms with Gasteiger partial charge in [0.25, 0.3) is 0 Å². The molecule has 12 heavy (non-hydrogen) atoms. The molecule has 2 heterocycles. The Balaban J connectivity index is 2.60. The maximum absolute atomic E-state index is 4.30. The number of nitrogens with zero attached hydrogens (tertiary/aromatic N) is 3. The van der Waals surface area contributed by atoms with Gasteiger partial charge in [-0.3, -0.25) is 4.40 Å². The van der Waals surface area contributed by atoms with E-state index in [1.165, 1.54) is 0 Å². The van der Waals surface area contributed by atoms with Crippen LogP contribution in [0.1, 0.15) is 25.5 Å². The second-order valence-corrected chi connectivity index (χ2v) is 3.16. The Morgan fingerprint density at radius 1 is 1.33 bits per heavy atom. The average Bonchev–Trinajstić information content (AvgIpc) is 2.49. The van der Waals surface area contributed by atoms with E-state index in [2.05, 4.69) is 23.8 Å². The van der Waals surface area contributed by atoms with Gasteiger partial charge in [-0.05, 0) is 5.92 Å². The molecule has 0 amide bonds. The van der Waals surface area contributed by atoms with E-state index in [1.807, 2.05) is 16.7 Å². The van der Waals surface area contributed by atoms with Crippen molar-refractivity contribution in [3.05, 3.63) is 30.5 Å². The van der Waals surface area contributed by atoms with E-state index in [0.717, 1.165) is 11.3 Å². The molecular weight excluding hydrogens is 150 g/mol. The summed E-state index contributed by atoms with van der Waals surface area (Å²) >= 11 is 0. The Morgan fingerprint density at radius 3 is 2.92 bits per heavy atom. The van der Waals surface area contributed by atoms with Crippen LogP contribution in [-0.2, 0) is 0 Å². The van der Waals surface area contributed by atoms with Crippen LogP contribution in [0.15, 0.2) is 24.8 Å². The molecule has 0 radical (unpaired) electrons. The SMILES string of the molecule is CC(C)c1cc2nccn2cn1. The molecule has 2 aromatic heterocycles. The van der Waals surface area contributed by atoms with Crippen molar-refractivity contribution in [2.24, 2.45) is 0 Å². The number of imidazole rings is 1. The molecule has 2 rings (SSSR count). The molecule has 0 spiro atoms. The summed E-state index contributed by atoms with van der Waals surface area (Å²) in [5.41, 5.74) is 2.06. The van der Waals surface area contributed by atoms with Crippen molar-refractivity contribution >= 4 is 5.65 Å². The second-order valence-electron chi connectivity index (χ2n) is 3.16. The maximum Gasteiger partial charge on any atom is 0.139 e. The normalized spacial score (nSPS) is 11.2. The number of hydrogen-bond acceptors (Lipinski definition) is 2. The van der Waals surface area contributed by atoms with Crippen LogP contribution in [0, 0.1) is 0 Å². The molecular formula is C9H11N3. The summed E-state index contributed by atoms with van der Waals surface area (Å²) in [5, 5.41) is 0. The van der Waals surface area contributed by atoms with Crippen molar-refractivity contribution in [1.82, 2.24) is 14.4 Å². The van der Waals surface area contributed by atoms with E-state index >= 15 is 0 Å². The molecule has 3 heteroatoms. The lowest BCUT2D eigenvalue weighted by atomic mass is 10.1. The van der Waals surface area contributed by atoms with Crippen molar-refractivity contribution < 1.29 is 0 Å². The molecule has 0 bridgehead atoms. The highest BCUT2D eigenvalue weighted by atomic mass is 15.0. The topological polar surface area (TPSA) is 30.2 Å². The fourth-order valence-electron chi connectivity index (χ4n) is 1.15. The minimum absolute atomic E-state index is 0.465. The van der Waals surface area contributed by atoms with Crippen molar-refractivity contribution in [3.8, 4) is 0 Å². The molecule has 0 N–H and O–H groups in total. The number of fused-ring (bicyclic) bond motifs is 1. The molecule has 0 unspecified atom stereocenters. The molecule has 0 saturated heterocycles. The van der Waals surface area contributed by atoms with Crippen LogP contribution in [-0.4, -0.2) is 14.4 Å². The monoisotopic (exact) mass is 161 g/mol. The summed E-state index contributed by atoms with van der Waals surface area (Å²) in [6.45, 7) is 4.25. The molecule has 0 aliphatic rings. The van der Waals surface area contributed by atoms with E-state index in [4.69, 9.17) is 0 Å². The predicted molar refractivity (Wildman–Crippen MR) is 47.1 cm³/mol. The Morgan fingerprint density at radius 2 is 2.17 bits per heavy atom. The van der Waals surface area contributed by atoms with Gasteiger partial charge in [-0.15, -0.1) is 0 Å². The van der Waals surface area contributed by atoms with E-state index in [9.17, 15) is 0 Å². The van der Waals surface area contributed by atoms with Gasteiger partial charge in [0.15, 0.2) is 0 Å². The van der Waals surface area contributed by atoms with Crippen LogP contribution in [0.2, 0.25) is 0 Å². The third-order valence-electron chi connectivity index (χ3n) is 1.90. The molecule has 2 aromatic rings. The van der Waals surface area contributed by atoms with E-state index < -0.39 is 0 Å². The first-order valence-corrected chi connectivity index (χ1v) is 4.06. The van der Waals surface area contributed by atoms with Gasteiger partial charge in [0.2, 0.25) is 0 Å². The van der Waals surface area contributed by atoms with Crippen LogP contribution in [0.5, 0.6) is 0 Å². The lowest BCUT2D eigenvalue weighted by molar-refractivity contribution is 0.811. The fraction of sp³-hybridized carbons (Fsp3) is 0.333. The van der Waals surface area contributed by atoms with Gasteiger partial charge < -0.3 is 0 Å². The second kappa shape index (κ2) is 2.59. The molecule has 0 atom stereocenters. The quantitative estimate of drug-likeness (QED) is 0.639. The van der Waals surface area contributed by atoms with Crippen LogP contribution < -0.4 is 0 Å². The van der Waals surface area contributed by atoms with Crippen LogP contribution >= 0.6 is 0 Å². The zero-order chi connectivity index (χ0) is 8.55. The van der Waals surface area contributed by atoms with Gasteiger partial charge in [0.05, 0.1) is 0 Å². The molecule has 0 saturated carbocycles. The van der Waals surface area contributed by atoms with Crippen molar-refractivity contribution in [3.63, 3.8) is 0 Å². The van der Waals surface area contributed by atoms with Gasteiger partial charge in [-0.2, -0.15) is 0 Å². The number of aromatic nitrogens is 3. The van der Waals surface area contributed by atoms with E-state index in [-0.39, 0.29) is 0 Å². The Labute approximate surface area is 71.1 Å². The lowest BCUT2D eigenvalue weighted by Crippen LogP contribution is -1.95. The third kappa shape index (κ3) is 1.07. The molecule has 0 aliphatic carbocycles. The lowest BCUT2D eigenvalue weighted by Gasteiger charge is -2.02. The minimum Gasteiger partial charge on any atom is -0.290 e. The maximum atomic E-state index is 4.30. The van der Waals surface area contributed by atoms with Crippen LogP contribution in [0.25, 0.3) is 5.65 Å². The van der Waals surface area contributed by atoms with Gasteiger partial charge in [-0.1, -0.05) is 13.8 Å². The minimum atomic E-state index is 0.465. The zero-order valence-electron chi connectivity index (χ0n) is 7.23. The fourth-order valence-corrected chi connectivity index (χ4v) is 1.15. The highest BCUT2D eigenvalue weighted by Crippen LogP contribution is 2.11. The highest BCUT2D eigenvalue weighted by Gasteiger charge is 2.01. The number of rotatable bonds is 1. The molecule has 0 aromatic carbocycles. The average molecular weight is 161 g/mol. The molecule has 0 aliphatic heterocycles. The van der Waals surface area contributed by atoms with Gasteiger partial charge in [0.1, 0.15) is 12.0 Å². The van der Waals surface area contributed by atoms with Gasteiger partial charge >= 0.3 is 0 Å². The highest BCUT2D eigenvalue weighted by molar-refractivity contribution is 5.38. The van der Waals surface area contributed by atoms with Crippen LogP contribution in [0.4, 0.5) is 0 Å². The number of hydrogen-bond donors (Lipinski definition) is 0. The van der Waals surface area contributed by atoms with Crippen molar-refractivity contribution in [2.45, 2.75) is 19.8 Å². The largest absolute Gasteiger partial charge is 0.290 e. The van der Waals surface area contributed by atoms with Gasteiger partial charge in [-0.25, -0.2) is 9.97 Å². The first-order chi connectivity index (χ1) is 5.77. The van der Waals surface area contributed by atoms with Crippen molar-refractivity contribution in [2.75, 3.05) is 0 Å². The first kappa shape index (κ1) is 7.28. The third-order valence-corrected chi connectivity index (χ3v) is 1.90. The predicted octanol–water partition coefficient (Wildman–Crippen LogP) is 1.85.